The van der Waals surface area contributed by atoms with Crippen LogP contribution in [0.3, 0.4) is 0 Å². The first kappa shape index (κ1) is 13.7. The van der Waals surface area contributed by atoms with Gasteiger partial charge in [-0.2, -0.15) is 11.8 Å². The lowest BCUT2D eigenvalue weighted by molar-refractivity contribution is 0.0888. The first-order valence-electron chi connectivity index (χ1n) is 7.22. The normalized spacial score (nSPS) is 33.5. The maximum atomic E-state index is 9.99. The van der Waals surface area contributed by atoms with E-state index in [1.165, 1.54) is 44.9 Å². The van der Waals surface area contributed by atoms with Crippen LogP contribution in [0.2, 0.25) is 0 Å². The van der Waals surface area contributed by atoms with Gasteiger partial charge in [-0.15, -0.1) is 0 Å². The molecule has 2 aliphatic rings. The van der Waals surface area contributed by atoms with Crippen LogP contribution in [0, 0.1) is 0 Å². The maximum Gasteiger partial charge on any atom is 0.0693 e. The Morgan fingerprint density at radius 1 is 1.12 bits per heavy atom. The van der Waals surface area contributed by atoms with Gasteiger partial charge in [-0.05, 0) is 31.9 Å². The van der Waals surface area contributed by atoms with E-state index in [4.69, 9.17) is 0 Å². The molecule has 0 aromatic rings. The van der Waals surface area contributed by atoms with Crippen LogP contribution in [0.15, 0.2) is 0 Å². The summed E-state index contributed by atoms with van der Waals surface area (Å²) in [6, 6.07) is 0.356. The summed E-state index contributed by atoms with van der Waals surface area (Å²) in [5.41, 5.74) is 0. The molecule has 0 aromatic heterocycles. The van der Waals surface area contributed by atoms with Crippen molar-refractivity contribution in [3.63, 3.8) is 0 Å². The minimum atomic E-state index is -0.105. The number of hydrogen-bond acceptors (Lipinski definition) is 3. The van der Waals surface area contributed by atoms with Gasteiger partial charge >= 0.3 is 0 Å². The van der Waals surface area contributed by atoms with Gasteiger partial charge in [-0.1, -0.05) is 32.1 Å². The Hall–Kier alpha value is 0.270. The smallest absolute Gasteiger partial charge is 0.0693 e. The van der Waals surface area contributed by atoms with Gasteiger partial charge in [0.25, 0.3) is 0 Å². The van der Waals surface area contributed by atoms with Crippen molar-refractivity contribution in [3.05, 3.63) is 0 Å². The summed E-state index contributed by atoms with van der Waals surface area (Å²) < 4.78 is 0.454. The Balaban J connectivity index is 1.82. The van der Waals surface area contributed by atoms with Crippen molar-refractivity contribution in [3.8, 4) is 0 Å². The second kappa shape index (κ2) is 6.44. The molecule has 0 spiro atoms. The van der Waals surface area contributed by atoms with Gasteiger partial charge in [0.1, 0.15) is 0 Å². The first-order chi connectivity index (χ1) is 8.26. The van der Waals surface area contributed by atoms with Crippen molar-refractivity contribution in [2.45, 2.75) is 74.7 Å². The van der Waals surface area contributed by atoms with E-state index in [1.807, 2.05) is 11.8 Å². The highest BCUT2D eigenvalue weighted by atomic mass is 32.2. The molecule has 2 aliphatic carbocycles. The summed E-state index contributed by atoms with van der Waals surface area (Å²) >= 11 is 2.04. The van der Waals surface area contributed by atoms with Crippen LogP contribution in [0.5, 0.6) is 0 Å². The van der Waals surface area contributed by atoms with Crippen LogP contribution in [0.25, 0.3) is 0 Å². The van der Waals surface area contributed by atoms with Crippen LogP contribution < -0.4 is 5.32 Å². The quantitative estimate of drug-likeness (QED) is 0.812. The summed E-state index contributed by atoms with van der Waals surface area (Å²) in [5.74, 6) is 0. The molecule has 0 amide bonds. The van der Waals surface area contributed by atoms with E-state index in [0.29, 0.717) is 10.8 Å². The zero-order valence-corrected chi connectivity index (χ0v) is 11.9. The van der Waals surface area contributed by atoms with E-state index >= 15 is 0 Å². The van der Waals surface area contributed by atoms with Crippen LogP contribution in [-0.2, 0) is 0 Å². The van der Waals surface area contributed by atoms with Crippen molar-refractivity contribution >= 4 is 11.8 Å². The number of thioether (sulfide) groups is 1. The molecule has 3 heteroatoms. The van der Waals surface area contributed by atoms with E-state index in [2.05, 4.69) is 11.6 Å². The Kier molecular flexibility index (Phi) is 5.19. The Labute approximate surface area is 110 Å². The SMILES string of the molecule is CSC1(CN[C@H]2CCCC[C@@H]2O)CCCCC1. The lowest BCUT2D eigenvalue weighted by atomic mass is 9.87. The number of aliphatic hydroxyl groups excluding tert-OH is 1. The van der Waals surface area contributed by atoms with Crippen molar-refractivity contribution in [1.29, 1.82) is 0 Å². The molecular weight excluding hydrogens is 230 g/mol. The predicted octanol–water partition coefficient (Wildman–Crippen LogP) is 2.95. The molecule has 2 atom stereocenters. The Morgan fingerprint density at radius 2 is 1.82 bits per heavy atom. The van der Waals surface area contributed by atoms with Gasteiger partial charge < -0.3 is 10.4 Å². The van der Waals surface area contributed by atoms with Gasteiger partial charge in [0, 0.05) is 17.3 Å². The van der Waals surface area contributed by atoms with Crippen molar-refractivity contribution in [2.75, 3.05) is 12.8 Å². The fraction of sp³-hybridized carbons (Fsp3) is 1.00. The highest BCUT2D eigenvalue weighted by Gasteiger charge is 2.32. The van der Waals surface area contributed by atoms with Crippen LogP contribution in [-0.4, -0.2) is 34.8 Å². The first-order valence-corrected chi connectivity index (χ1v) is 8.45. The monoisotopic (exact) mass is 257 g/mol. The van der Waals surface area contributed by atoms with Gasteiger partial charge in [0.15, 0.2) is 0 Å². The minimum absolute atomic E-state index is 0.105. The molecule has 0 radical (unpaired) electrons. The van der Waals surface area contributed by atoms with Gasteiger partial charge in [-0.25, -0.2) is 0 Å². The number of nitrogens with one attached hydrogen (secondary N) is 1. The van der Waals surface area contributed by atoms with E-state index in [1.54, 1.807) is 0 Å². The molecule has 100 valence electrons. The zero-order chi connectivity index (χ0) is 12.1. The molecule has 2 N–H and O–H groups in total. The van der Waals surface area contributed by atoms with Gasteiger partial charge in [-0.3, -0.25) is 0 Å². The van der Waals surface area contributed by atoms with Gasteiger partial charge in [0.2, 0.25) is 0 Å². The molecule has 2 rings (SSSR count). The molecule has 2 saturated carbocycles. The molecule has 0 bridgehead atoms. The fourth-order valence-corrected chi connectivity index (χ4v) is 4.24. The molecule has 0 saturated heterocycles. The Morgan fingerprint density at radius 3 is 2.47 bits per heavy atom. The molecule has 2 nitrogen and oxygen atoms in total. The minimum Gasteiger partial charge on any atom is -0.392 e. The zero-order valence-electron chi connectivity index (χ0n) is 11.1. The van der Waals surface area contributed by atoms with Crippen molar-refractivity contribution in [1.82, 2.24) is 5.32 Å². The predicted molar refractivity (Wildman–Crippen MR) is 75.6 cm³/mol. The molecule has 0 heterocycles. The number of rotatable bonds is 4. The molecule has 17 heavy (non-hydrogen) atoms. The van der Waals surface area contributed by atoms with Crippen LogP contribution in [0.1, 0.15) is 57.8 Å². The average Bonchev–Trinajstić information content (AvgIpc) is 2.39. The second-order valence-corrected chi connectivity index (χ2v) is 7.06. The molecule has 0 aromatic carbocycles. The third-order valence-electron chi connectivity index (χ3n) is 4.61. The summed E-state index contributed by atoms with van der Waals surface area (Å²) in [7, 11) is 0. The molecule has 2 fully saturated rings. The third-order valence-corrected chi connectivity index (χ3v) is 6.03. The van der Waals surface area contributed by atoms with Crippen molar-refractivity contribution < 1.29 is 5.11 Å². The lowest BCUT2D eigenvalue weighted by Crippen LogP contribution is -2.48. The second-order valence-electron chi connectivity index (χ2n) is 5.79. The number of aliphatic hydroxyl groups is 1. The Bertz CT molecular complexity index is 228. The maximum absolute atomic E-state index is 9.99. The van der Waals surface area contributed by atoms with E-state index in [9.17, 15) is 5.11 Å². The summed E-state index contributed by atoms with van der Waals surface area (Å²) in [6.45, 7) is 1.09. The molecular formula is C14H27NOS. The molecule has 0 aliphatic heterocycles. The largest absolute Gasteiger partial charge is 0.392 e. The average molecular weight is 257 g/mol. The summed E-state index contributed by atoms with van der Waals surface area (Å²) in [6.07, 6.45) is 13.7. The summed E-state index contributed by atoms with van der Waals surface area (Å²) in [5, 5.41) is 13.6. The standard InChI is InChI=1S/C14H27NOS/c1-17-14(9-5-2-6-10-14)11-15-12-7-3-4-8-13(12)16/h12-13,15-16H,2-11H2,1H3/t12-,13-/m0/s1. The lowest BCUT2D eigenvalue weighted by Gasteiger charge is -2.38. The van der Waals surface area contributed by atoms with Gasteiger partial charge in [0.05, 0.1) is 6.10 Å². The number of hydrogen-bond donors (Lipinski definition) is 2. The fourth-order valence-electron chi connectivity index (χ4n) is 3.32. The van der Waals surface area contributed by atoms with Crippen molar-refractivity contribution in [2.24, 2.45) is 0 Å². The van der Waals surface area contributed by atoms with E-state index < -0.39 is 0 Å². The van der Waals surface area contributed by atoms with E-state index in [0.717, 1.165) is 19.4 Å². The highest BCUT2D eigenvalue weighted by Crippen LogP contribution is 2.38. The topological polar surface area (TPSA) is 32.3 Å². The van der Waals surface area contributed by atoms with Crippen LogP contribution in [0.4, 0.5) is 0 Å². The molecule has 0 unspecified atom stereocenters. The highest BCUT2D eigenvalue weighted by molar-refractivity contribution is 8.00. The third kappa shape index (κ3) is 3.62. The summed E-state index contributed by atoms with van der Waals surface area (Å²) in [4.78, 5) is 0. The van der Waals surface area contributed by atoms with E-state index in [-0.39, 0.29) is 6.10 Å². The van der Waals surface area contributed by atoms with Crippen LogP contribution >= 0.6 is 11.8 Å².